The third kappa shape index (κ3) is 3.57. The number of aromatic nitrogens is 2. The summed E-state index contributed by atoms with van der Waals surface area (Å²) in [6.07, 6.45) is 1.57. The van der Waals surface area contributed by atoms with Crippen LogP contribution >= 0.6 is 0 Å². The summed E-state index contributed by atoms with van der Waals surface area (Å²) in [5.74, 6) is 0.273. The van der Waals surface area contributed by atoms with Crippen molar-refractivity contribution in [3.05, 3.63) is 48.0 Å². The SMILES string of the molecule is Cc1nccc(C(=O)Nc2cccc(B3OC(C)(C)C(C)(C)O3)c2)n1. The van der Waals surface area contributed by atoms with Crippen molar-refractivity contribution in [3.63, 3.8) is 0 Å². The Hall–Kier alpha value is -2.25. The molecule has 3 rings (SSSR count). The first-order valence-electron chi connectivity index (χ1n) is 8.24. The van der Waals surface area contributed by atoms with E-state index >= 15 is 0 Å². The van der Waals surface area contributed by atoms with E-state index in [0.717, 1.165) is 5.46 Å². The maximum absolute atomic E-state index is 12.3. The predicted molar refractivity (Wildman–Crippen MR) is 96.9 cm³/mol. The number of carbonyl (C=O) groups is 1. The average Bonchev–Trinajstić information content (AvgIpc) is 2.76. The van der Waals surface area contributed by atoms with Crippen molar-refractivity contribution >= 4 is 24.2 Å². The second-order valence-corrected chi connectivity index (χ2v) is 7.16. The van der Waals surface area contributed by atoms with Gasteiger partial charge in [-0.25, -0.2) is 9.97 Å². The largest absolute Gasteiger partial charge is 0.494 e. The van der Waals surface area contributed by atoms with Gasteiger partial charge in [0, 0.05) is 11.9 Å². The Labute approximate surface area is 148 Å². The highest BCUT2D eigenvalue weighted by Gasteiger charge is 2.51. The van der Waals surface area contributed by atoms with Gasteiger partial charge in [-0.15, -0.1) is 0 Å². The van der Waals surface area contributed by atoms with Crippen LogP contribution < -0.4 is 10.8 Å². The Morgan fingerprint density at radius 3 is 2.44 bits per heavy atom. The molecule has 1 saturated heterocycles. The van der Waals surface area contributed by atoms with E-state index in [4.69, 9.17) is 9.31 Å². The van der Waals surface area contributed by atoms with Gasteiger partial charge in [0.1, 0.15) is 11.5 Å². The Kier molecular flexibility index (Phi) is 4.39. The Morgan fingerprint density at radius 1 is 1.12 bits per heavy atom. The number of rotatable bonds is 3. The summed E-state index contributed by atoms with van der Waals surface area (Å²) in [6, 6.07) is 9.04. The quantitative estimate of drug-likeness (QED) is 0.869. The normalized spacial score (nSPS) is 18.2. The second kappa shape index (κ2) is 6.24. The van der Waals surface area contributed by atoms with Gasteiger partial charge < -0.3 is 14.6 Å². The van der Waals surface area contributed by atoms with Crippen LogP contribution in [0.15, 0.2) is 36.5 Å². The lowest BCUT2D eigenvalue weighted by Crippen LogP contribution is -2.41. The molecule has 2 aromatic rings. The molecule has 1 aliphatic heterocycles. The van der Waals surface area contributed by atoms with Crippen LogP contribution in [-0.4, -0.2) is 34.2 Å². The third-order valence-corrected chi connectivity index (χ3v) is 4.68. The molecule has 1 aromatic heterocycles. The van der Waals surface area contributed by atoms with Gasteiger partial charge in [0.2, 0.25) is 0 Å². The van der Waals surface area contributed by atoms with Gasteiger partial charge >= 0.3 is 7.12 Å². The van der Waals surface area contributed by atoms with Gasteiger partial charge in [0.05, 0.1) is 11.2 Å². The molecule has 130 valence electrons. The summed E-state index contributed by atoms with van der Waals surface area (Å²) in [7, 11) is -0.469. The monoisotopic (exact) mass is 339 g/mol. The molecule has 0 unspecified atom stereocenters. The van der Waals surface area contributed by atoms with Crippen LogP contribution in [0.3, 0.4) is 0 Å². The van der Waals surface area contributed by atoms with Gasteiger partial charge in [-0.2, -0.15) is 0 Å². The van der Waals surface area contributed by atoms with Crippen molar-refractivity contribution < 1.29 is 14.1 Å². The summed E-state index contributed by atoms with van der Waals surface area (Å²) in [4.78, 5) is 20.5. The van der Waals surface area contributed by atoms with E-state index < -0.39 is 18.3 Å². The van der Waals surface area contributed by atoms with Crippen LogP contribution in [0.25, 0.3) is 0 Å². The minimum Gasteiger partial charge on any atom is -0.399 e. The molecule has 0 spiro atoms. The van der Waals surface area contributed by atoms with Crippen LogP contribution in [0.4, 0.5) is 5.69 Å². The fraction of sp³-hybridized carbons (Fsp3) is 0.389. The number of nitrogens with zero attached hydrogens (tertiary/aromatic N) is 2. The van der Waals surface area contributed by atoms with E-state index in [0.29, 0.717) is 17.2 Å². The fourth-order valence-electron chi connectivity index (χ4n) is 2.52. The topological polar surface area (TPSA) is 73.3 Å². The van der Waals surface area contributed by atoms with E-state index in [1.807, 2.05) is 52.0 Å². The second-order valence-electron chi connectivity index (χ2n) is 7.16. The predicted octanol–water partition coefficient (Wildman–Crippen LogP) is 2.34. The molecule has 0 aliphatic carbocycles. The zero-order chi connectivity index (χ0) is 18.2. The van der Waals surface area contributed by atoms with Crippen LogP contribution in [0.5, 0.6) is 0 Å². The molecule has 2 heterocycles. The highest BCUT2D eigenvalue weighted by Crippen LogP contribution is 2.36. The molecule has 6 nitrogen and oxygen atoms in total. The Balaban J connectivity index is 1.78. The smallest absolute Gasteiger partial charge is 0.399 e. The average molecular weight is 339 g/mol. The minimum atomic E-state index is -0.469. The Bertz CT molecular complexity index is 792. The molecule has 0 radical (unpaired) electrons. The fourth-order valence-corrected chi connectivity index (χ4v) is 2.52. The molecular weight excluding hydrogens is 317 g/mol. The maximum Gasteiger partial charge on any atom is 0.494 e. The van der Waals surface area contributed by atoms with E-state index in [9.17, 15) is 4.79 Å². The summed E-state index contributed by atoms with van der Waals surface area (Å²) in [5, 5.41) is 2.85. The van der Waals surface area contributed by atoms with Crippen molar-refractivity contribution in [1.82, 2.24) is 9.97 Å². The molecule has 25 heavy (non-hydrogen) atoms. The molecular formula is C18H22BN3O3. The van der Waals surface area contributed by atoms with Gasteiger partial charge in [-0.05, 0) is 58.3 Å². The Morgan fingerprint density at radius 2 is 1.80 bits per heavy atom. The zero-order valence-corrected chi connectivity index (χ0v) is 15.2. The molecule has 1 aliphatic rings. The minimum absolute atomic E-state index is 0.281. The molecule has 0 bridgehead atoms. The van der Waals surface area contributed by atoms with E-state index in [2.05, 4.69) is 15.3 Å². The van der Waals surface area contributed by atoms with Crippen molar-refractivity contribution in [2.24, 2.45) is 0 Å². The van der Waals surface area contributed by atoms with Crippen molar-refractivity contribution in [2.45, 2.75) is 45.8 Å². The van der Waals surface area contributed by atoms with E-state index in [1.165, 1.54) is 0 Å². The van der Waals surface area contributed by atoms with E-state index in [-0.39, 0.29) is 5.91 Å². The first kappa shape index (κ1) is 17.6. The first-order valence-corrected chi connectivity index (χ1v) is 8.24. The molecule has 1 fully saturated rings. The van der Waals surface area contributed by atoms with Crippen molar-refractivity contribution in [3.8, 4) is 0 Å². The van der Waals surface area contributed by atoms with Crippen LogP contribution in [0.2, 0.25) is 0 Å². The van der Waals surface area contributed by atoms with E-state index in [1.54, 1.807) is 19.2 Å². The molecule has 0 atom stereocenters. The summed E-state index contributed by atoms with van der Waals surface area (Å²) in [5.41, 5.74) is 1.03. The molecule has 7 heteroatoms. The molecule has 1 amide bonds. The zero-order valence-electron chi connectivity index (χ0n) is 15.2. The number of amides is 1. The van der Waals surface area contributed by atoms with Crippen molar-refractivity contribution in [2.75, 3.05) is 5.32 Å². The van der Waals surface area contributed by atoms with Gasteiger partial charge in [-0.3, -0.25) is 4.79 Å². The molecule has 1 N–H and O–H groups in total. The lowest BCUT2D eigenvalue weighted by Gasteiger charge is -2.32. The number of carbonyl (C=O) groups excluding carboxylic acids is 1. The number of hydrogen-bond acceptors (Lipinski definition) is 5. The number of benzene rings is 1. The van der Waals surface area contributed by atoms with Gasteiger partial charge in [-0.1, -0.05) is 12.1 Å². The van der Waals surface area contributed by atoms with Crippen LogP contribution in [0.1, 0.15) is 44.0 Å². The number of anilines is 1. The maximum atomic E-state index is 12.3. The number of hydrogen-bond donors (Lipinski definition) is 1. The lowest BCUT2D eigenvalue weighted by molar-refractivity contribution is 0.00578. The van der Waals surface area contributed by atoms with Crippen LogP contribution in [0, 0.1) is 6.92 Å². The molecule has 1 aromatic carbocycles. The first-order chi connectivity index (χ1) is 11.7. The highest BCUT2D eigenvalue weighted by molar-refractivity contribution is 6.62. The third-order valence-electron chi connectivity index (χ3n) is 4.68. The van der Waals surface area contributed by atoms with Crippen molar-refractivity contribution in [1.29, 1.82) is 0 Å². The van der Waals surface area contributed by atoms with Gasteiger partial charge in [0.25, 0.3) is 5.91 Å². The summed E-state index contributed by atoms with van der Waals surface area (Å²) < 4.78 is 12.1. The summed E-state index contributed by atoms with van der Waals surface area (Å²) >= 11 is 0. The molecule has 0 saturated carbocycles. The highest BCUT2D eigenvalue weighted by atomic mass is 16.7. The number of aryl methyl sites for hydroxylation is 1. The number of nitrogens with one attached hydrogen (secondary N) is 1. The van der Waals surface area contributed by atoms with Crippen LogP contribution in [-0.2, 0) is 9.31 Å². The van der Waals surface area contributed by atoms with Gasteiger partial charge in [0.15, 0.2) is 0 Å². The summed E-state index contributed by atoms with van der Waals surface area (Å²) in [6.45, 7) is 9.79. The lowest BCUT2D eigenvalue weighted by atomic mass is 9.79. The standard InChI is InChI=1S/C18H22BN3O3/c1-12-20-10-9-15(21-12)16(23)22-14-8-6-7-13(11-14)19-24-17(2,3)18(4,5)25-19/h6-11H,1-5H3,(H,22,23).